The van der Waals surface area contributed by atoms with Crippen LogP contribution in [0.5, 0.6) is 0 Å². The highest BCUT2D eigenvalue weighted by Gasteiger charge is 2.16. The minimum absolute atomic E-state index is 0.235. The maximum Gasteiger partial charge on any atom is 0.250 e. The third-order valence-electron chi connectivity index (χ3n) is 2.96. The smallest absolute Gasteiger partial charge is 0.250 e. The second-order valence-corrected chi connectivity index (χ2v) is 8.06. The van der Waals surface area contributed by atoms with Crippen LogP contribution in [0.1, 0.15) is 22.9 Å². The van der Waals surface area contributed by atoms with E-state index in [1.54, 1.807) is 18.2 Å². The first-order valence-corrected chi connectivity index (χ1v) is 9.10. The molecule has 2 aromatic rings. The number of rotatable bonds is 6. The normalized spacial score (nSPS) is 11.5. The summed E-state index contributed by atoms with van der Waals surface area (Å²) in [5.41, 5.74) is 7.14. The van der Waals surface area contributed by atoms with Crippen LogP contribution in [0, 0.1) is 0 Å². The van der Waals surface area contributed by atoms with Crippen molar-refractivity contribution in [3.63, 3.8) is 0 Å². The molecular formula is C14H16N2O2S3. The predicted octanol–water partition coefficient (Wildman–Crippen LogP) is 2.42. The van der Waals surface area contributed by atoms with Gasteiger partial charge in [0.25, 0.3) is 0 Å². The second kappa shape index (κ2) is 6.65. The van der Waals surface area contributed by atoms with Crippen molar-refractivity contribution in [3.8, 4) is 0 Å². The Balaban J connectivity index is 2.06. The Morgan fingerprint density at radius 3 is 2.43 bits per heavy atom. The minimum Gasteiger partial charge on any atom is -0.389 e. The van der Waals surface area contributed by atoms with E-state index in [1.807, 2.05) is 25.1 Å². The van der Waals surface area contributed by atoms with Gasteiger partial charge in [-0.2, -0.15) is 0 Å². The molecule has 21 heavy (non-hydrogen) atoms. The number of nitrogens with two attached hydrogens (primary N) is 1. The highest BCUT2D eigenvalue weighted by atomic mass is 32.2. The van der Waals surface area contributed by atoms with Crippen LogP contribution < -0.4 is 10.5 Å². The molecule has 7 heteroatoms. The molecular weight excluding hydrogens is 324 g/mol. The summed E-state index contributed by atoms with van der Waals surface area (Å²) < 4.78 is 27.3. The van der Waals surface area contributed by atoms with Gasteiger partial charge >= 0.3 is 0 Å². The Hall–Kier alpha value is -1.28. The van der Waals surface area contributed by atoms with Gasteiger partial charge in [0, 0.05) is 17.0 Å². The summed E-state index contributed by atoms with van der Waals surface area (Å²) in [6.45, 7) is 2.23. The SMILES string of the molecule is CCc1ccc(S(=O)(=O)NCc2ccc(C(N)=S)cc2)s1. The molecule has 0 aliphatic carbocycles. The van der Waals surface area contributed by atoms with Crippen molar-refractivity contribution in [2.45, 2.75) is 24.1 Å². The number of hydrogen-bond donors (Lipinski definition) is 2. The molecule has 0 atom stereocenters. The lowest BCUT2D eigenvalue weighted by Crippen LogP contribution is -2.22. The Bertz CT molecular complexity index is 734. The number of aryl methyl sites for hydroxylation is 1. The average molecular weight is 340 g/mol. The molecule has 0 unspecified atom stereocenters. The van der Waals surface area contributed by atoms with Gasteiger partial charge in [0.05, 0.1) is 0 Å². The lowest BCUT2D eigenvalue weighted by atomic mass is 10.1. The summed E-state index contributed by atoms with van der Waals surface area (Å²) >= 11 is 6.17. The Morgan fingerprint density at radius 2 is 1.90 bits per heavy atom. The molecule has 0 saturated heterocycles. The summed E-state index contributed by atoms with van der Waals surface area (Å²) in [5.74, 6) is 0. The first-order valence-electron chi connectivity index (χ1n) is 6.39. The van der Waals surface area contributed by atoms with Gasteiger partial charge in [0.2, 0.25) is 10.0 Å². The Morgan fingerprint density at radius 1 is 1.24 bits per heavy atom. The molecule has 0 spiro atoms. The molecule has 1 aromatic carbocycles. The fourth-order valence-electron chi connectivity index (χ4n) is 1.73. The molecule has 3 N–H and O–H groups in total. The van der Waals surface area contributed by atoms with Gasteiger partial charge in [0.1, 0.15) is 9.20 Å². The zero-order valence-electron chi connectivity index (χ0n) is 11.5. The van der Waals surface area contributed by atoms with E-state index in [2.05, 4.69) is 4.72 Å². The standard InChI is InChI=1S/C14H16N2O2S3/c1-2-12-7-8-13(20-12)21(17,18)16-9-10-3-5-11(6-4-10)14(15)19/h3-8,16H,2,9H2,1H3,(H2,15,19). The molecule has 1 aromatic heterocycles. The van der Waals surface area contributed by atoms with Crippen LogP contribution in [0.2, 0.25) is 0 Å². The van der Waals surface area contributed by atoms with E-state index in [1.165, 1.54) is 11.3 Å². The summed E-state index contributed by atoms with van der Waals surface area (Å²) in [4.78, 5) is 1.38. The first kappa shape index (κ1) is 16.1. The van der Waals surface area contributed by atoms with E-state index in [9.17, 15) is 8.42 Å². The molecule has 4 nitrogen and oxygen atoms in total. The van der Waals surface area contributed by atoms with Crippen molar-refractivity contribution in [2.24, 2.45) is 5.73 Å². The van der Waals surface area contributed by atoms with Crippen molar-refractivity contribution in [2.75, 3.05) is 0 Å². The van der Waals surface area contributed by atoms with Crippen molar-refractivity contribution >= 4 is 38.6 Å². The minimum atomic E-state index is -3.46. The molecule has 0 bridgehead atoms. The van der Waals surface area contributed by atoms with Crippen LogP contribution >= 0.6 is 23.6 Å². The van der Waals surface area contributed by atoms with Crippen LogP contribution in [0.4, 0.5) is 0 Å². The van der Waals surface area contributed by atoms with Gasteiger partial charge < -0.3 is 5.73 Å². The van der Waals surface area contributed by atoms with Crippen LogP contribution in [-0.4, -0.2) is 13.4 Å². The van der Waals surface area contributed by atoms with E-state index >= 15 is 0 Å². The molecule has 112 valence electrons. The average Bonchev–Trinajstić information content (AvgIpc) is 2.95. The maximum absolute atomic E-state index is 12.2. The molecule has 2 rings (SSSR count). The zero-order chi connectivity index (χ0) is 15.5. The third kappa shape index (κ3) is 4.10. The van der Waals surface area contributed by atoms with Gasteiger partial charge in [-0.3, -0.25) is 0 Å². The second-order valence-electron chi connectivity index (χ2n) is 4.46. The molecule has 0 fully saturated rings. The lowest BCUT2D eigenvalue weighted by molar-refractivity contribution is 0.583. The van der Waals surface area contributed by atoms with Crippen LogP contribution in [0.25, 0.3) is 0 Å². The van der Waals surface area contributed by atoms with Gasteiger partial charge in [0.15, 0.2) is 0 Å². The van der Waals surface area contributed by atoms with Gasteiger partial charge in [-0.05, 0) is 24.1 Å². The number of nitrogens with one attached hydrogen (secondary N) is 1. The summed E-state index contributed by atoms with van der Waals surface area (Å²) in [6, 6.07) is 10.7. The molecule has 0 radical (unpaired) electrons. The molecule has 0 aliphatic rings. The van der Waals surface area contributed by atoms with Crippen LogP contribution in [0.15, 0.2) is 40.6 Å². The van der Waals surface area contributed by atoms with Crippen LogP contribution in [0.3, 0.4) is 0 Å². The predicted molar refractivity (Wildman–Crippen MR) is 90.1 cm³/mol. The first-order chi connectivity index (χ1) is 9.92. The summed E-state index contributed by atoms with van der Waals surface area (Å²) in [7, 11) is -3.46. The number of thiocarbonyl (C=S) groups is 1. The van der Waals surface area contributed by atoms with Crippen LogP contribution in [-0.2, 0) is 23.0 Å². The van der Waals surface area contributed by atoms with Gasteiger partial charge in [-0.25, -0.2) is 13.1 Å². The number of sulfonamides is 1. The third-order valence-corrected chi connectivity index (χ3v) is 6.31. The summed E-state index contributed by atoms with van der Waals surface area (Å²) in [6.07, 6.45) is 0.834. The van der Waals surface area contributed by atoms with E-state index in [-0.39, 0.29) is 6.54 Å². The quantitative estimate of drug-likeness (QED) is 0.792. The van der Waals surface area contributed by atoms with Crippen molar-refractivity contribution in [1.82, 2.24) is 4.72 Å². The van der Waals surface area contributed by atoms with Gasteiger partial charge in [-0.1, -0.05) is 43.4 Å². The van der Waals surface area contributed by atoms with E-state index < -0.39 is 10.0 Å². The molecule has 0 aliphatic heterocycles. The highest BCUT2D eigenvalue weighted by molar-refractivity contribution is 7.91. The van der Waals surface area contributed by atoms with E-state index in [0.29, 0.717) is 9.20 Å². The Labute approximate surface area is 134 Å². The largest absolute Gasteiger partial charge is 0.389 e. The molecule has 0 saturated carbocycles. The van der Waals surface area contributed by atoms with Crippen molar-refractivity contribution in [1.29, 1.82) is 0 Å². The summed E-state index contributed by atoms with van der Waals surface area (Å²) in [5, 5.41) is 0. The highest BCUT2D eigenvalue weighted by Crippen LogP contribution is 2.21. The number of benzene rings is 1. The lowest BCUT2D eigenvalue weighted by Gasteiger charge is -2.06. The van der Waals surface area contributed by atoms with E-state index in [4.69, 9.17) is 18.0 Å². The molecule has 1 heterocycles. The monoisotopic (exact) mass is 340 g/mol. The number of thiophene rings is 1. The maximum atomic E-state index is 12.2. The fourth-order valence-corrected chi connectivity index (χ4v) is 4.22. The number of hydrogen-bond acceptors (Lipinski definition) is 4. The fraction of sp³-hybridized carbons (Fsp3) is 0.214. The van der Waals surface area contributed by atoms with Crippen molar-refractivity contribution < 1.29 is 8.42 Å². The van der Waals surface area contributed by atoms with Crippen molar-refractivity contribution in [3.05, 3.63) is 52.4 Å². The van der Waals surface area contributed by atoms with E-state index in [0.717, 1.165) is 22.4 Å². The zero-order valence-corrected chi connectivity index (χ0v) is 13.9. The Kier molecular flexibility index (Phi) is 5.10. The van der Waals surface area contributed by atoms with Gasteiger partial charge in [-0.15, -0.1) is 11.3 Å². The topological polar surface area (TPSA) is 72.2 Å². The molecule has 0 amide bonds.